The van der Waals surface area contributed by atoms with E-state index in [1.807, 2.05) is 0 Å². The van der Waals surface area contributed by atoms with Crippen LogP contribution in [0.1, 0.15) is 121 Å². The van der Waals surface area contributed by atoms with Crippen LogP contribution in [0.25, 0.3) is 0 Å². The van der Waals surface area contributed by atoms with Crippen LogP contribution in [0.5, 0.6) is 0 Å². The van der Waals surface area contributed by atoms with E-state index in [1.165, 1.54) is 38.8 Å². The molecule has 6 N–H and O–H groups in total. The molecule has 0 aromatic carbocycles. The number of hydrogen-bond acceptors (Lipinski definition) is 12. The summed E-state index contributed by atoms with van der Waals surface area (Å²) >= 11 is 0. The summed E-state index contributed by atoms with van der Waals surface area (Å²) in [4.78, 5) is 23.9. The van der Waals surface area contributed by atoms with Crippen molar-refractivity contribution >= 4 is 11.9 Å². The molecule has 4 aliphatic carbocycles. The normalized spacial score (nSPS) is 43.4. The Morgan fingerprint density at radius 3 is 2.15 bits per heavy atom. The second-order valence-electron chi connectivity index (χ2n) is 18.7. The van der Waals surface area contributed by atoms with Crippen molar-refractivity contribution in [2.75, 3.05) is 6.61 Å². The highest BCUT2D eigenvalue weighted by atomic mass is 16.7. The minimum atomic E-state index is -1.60. The Labute approximate surface area is 309 Å². The van der Waals surface area contributed by atoms with Crippen LogP contribution in [0.3, 0.4) is 0 Å². The van der Waals surface area contributed by atoms with Crippen molar-refractivity contribution in [3.05, 3.63) is 11.1 Å². The zero-order chi connectivity index (χ0) is 38.9. The molecule has 298 valence electrons. The largest absolute Gasteiger partial charge is 0.463 e. The third kappa shape index (κ3) is 6.90. The van der Waals surface area contributed by atoms with E-state index in [9.17, 15) is 40.2 Å². The predicted octanol–water partition coefficient (Wildman–Crippen LogP) is 3.55. The number of esters is 2. The number of carbonyl (C=O) groups is 2. The van der Waals surface area contributed by atoms with Crippen LogP contribution in [0.4, 0.5) is 0 Å². The molecule has 5 rings (SSSR count). The number of hydrogen-bond donors (Lipinski definition) is 6. The van der Waals surface area contributed by atoms with Crippen molar-refractivity contribution < 1.29 is 59.2 Å². The molecule has 0 amide bonds. The van der Waals surface area contributed by atoms with Crippen molar-refractivity contribution in [3.63, 3.8) is 0 Å². The van der Waals surface area contributed by atoms with Crippen molar-refractivity contribution in [1.82, 2.24) is 0 Å². The topological polar surface area (TPSA) is 192 Å². The molecule has 0 radical (unpaired) electrons. The van der Waals surface area contributed by atoms with Gasteiger partial charge in [0.25, 0.3) is 0 Å². The quantitative estimate of drug-likeness (QED) is 0.109. The molecule has 0 spiro atoms. The van der Waals surface area contributed by atoms with Crippen LogP contribution >= 0.6 is 0 Å². The Morgan fingerprint density at radius 2 is 1.56 bits per heavy atom. The predicted molar refractivity (Wildman–Crippen MR) is 190 cm³/mol. The first-order valence-electron chi connectivity index (χ1n) is 19.4. The summed E-state index contributed by atoms with van der Waals surface area (Å²) in [7, 11) is 0. The third-order valence-electron chi connectivity index (χ3n) is 14.9. The minimum absolute atomic E-state index is 0.0458. The van der Waals surface area contributed by atoms with E-state index in [1.54, 1.807) is 0 Å². The molecule has 1 heterocycles. The number of ether oxygens (including phenoxy) is 4. The molecule has 4 fully saturated rings. The Morgan fingerprint density at radius 1 is 0.904 bits per heavy atom. The van der Waals surface area contributed by atoms with Gasteiger partial charge in [-0.3, -0.25) is 9.59 Å². The molecule has 0 aromatic heterocycles. The van der Waals surface area contributed by atoms with Gasteiger partial charge in [-0.05, 0) is 93.8 Å². The first-order valence-corrected chi connectivity index (χ1v) is 19.4. The number of rotatable bonds is 10. The van der Waals surface area contributed by atoms with Gasteiger partial charge in [0, 0.05) is 24.7 Å². The first kappa shape index (κ1) is 41.5. The molecule has 1 aliphatic heterocycles. The van der Waals surface area contributed by atoms with E-state index in [4.69, 9.17) is 18.9 Å². The maximum absolute atomic E-state index is 12.3. The lowest BCUT2D eigenvalue weighted by Crippen LogP contribution is -2.69. The zero-order valence-electron chi connectivity index (χ0n) is 32.9. The van der Waals surface area contributed by atoms with Crippen molar-refractivity contribution in [2.45, 2.75) is 181 Å². The summed E-state index contributed by atoms with van der Waals surface area (Å²) in [6.45, 7) is 18.8. The van der Waals surface area contributed by atoms with Crippen molar-refractivity contribution in [3.8, 4) is 0 Å². The fourth-order valence-corrected chi connectivity index (χ4v) is 11.9. The van der Waals surface area contributed by atoms with E-state index >= 15 is 0 Å². The molecule has 15 atom stereocenters. The lowest BCUT2D eigenvalue weighted by atomic mass is 9.35. The molecule has 12 heteroatoms. The van der Waals surface area contributed by atoms with Crippen LogP contribution in [-0.2, 0) is 28.5 Å². The third-order valence-corrected chi connectivity index (χ3v) is 14.9. The fraction of sp³-hybridized carbons (Fsp3) is 0.900. The zero-order valence-corrected chi connectivity index (χ0v) is 32.9. The summed E-state index contributed by atoms with van der Waals surface area (Å²) in [5.74, 6) is -0.717. The van der Waals surface area contributed by atoms with Crippen LogP contribution < -0.4 is 0 Å². The van der Waals surface area contributed by atoms with Gasteiger partial charge in [-0.1, -0.05) is 52.7 Å². The first-order chi connectivity index (χ1) is 23.9. The van der Waals surface area contributed by atoms with Crippen LogP contribution in [-0.4, -0.2) is 110 Å². The second kappa shape index (κ2) is 14.5. The van der Waals surface area contributed by atoms with Gasteiger partial charge in [-0.15, -0.1) is 0 Å². The number of allylic oxidation sites excluding steroid dienone is 2. The monoisotopic (exact) mass is 738 g/mol. The molecule has 12 nitrogen and oxygen atoms in total. The maximum Gasteiger partial charge on any atom is 0.302 e. The highest BCUT2D eigenvalue weighted by Crippen LogP contribution is 2.75. The number of aliphatic hydroxyl groups excluding tert-OH is 5. The van der Waals surface area contributed by atoms with Gasteiger partial charge in [0.05, 0.1) is 17.8 Å². The summed E-state index contributed by atoms with van der Waals surface area (Å²) in [6, 6.07) is 0. The highest BCUT2D eigenvalue weighted by Gasteiger charge is 2.71. The van der Waals surface area contributed by atoms with Crippen LogP contribution in [0, 0.1) is 39.4 Å². The van der Waals surface area contributed by atoms with Gasteiger partial charge in [0.2, 0.25) is 0 Å². The molecular weight excluding hydrogens is 672 g/mol. The summed E-state index contributed by atoms with van der Waals surface area (Å²) in [6.07, 6.45) is -4.42. The molecule has 0 aromatic rings. The molecule has 5 aliphatic rings. The van der Waals surface area contributed by atoms with E-state index in [-0.39, 0.29) is 47.3 Å². The fourth-order valence-electron chi connectivity index (χ4n) is 11.9. The van der Waals surface area contributed by atoms with E-state index in [2.05, 4.69) is 41.5 Å². The molecular formula is C40H66O12. The van der Waals surface area contributed by atoms with Gasteiger partial charge in [0.15, 0.2) is 6.29 Å². The lowest BCUT2D eigenvalue weighted by Gasteiger charge is -2.71. The van der Waals surface area contributed by atoms with Gasteiger partial charge < -0.3 is 49.6 Å². The Hall–Kier alpha value is -1.64. The summed E-state index contributed by atoms with van der Waals surface area (Å²) in [5, 5.41) is 65.0. The summed E-state index contributed by atoms with van der Waals surface area (Å²) < 4.78 is 24.2. The SMILES string of the molecule is CC(=O)OC[C@H]1O[C@@H](O[C@@H]2C[C@H]3C(C)(C)[C@H](OC(C)=O)CC[C@]3(C)[C@H]3CCC4=C([C@@H](C)C[C@@H](O)[C@H](O)C(C)(C)O)CC[C@@]4(C)[C@@]32C)[C@H](O)[C@@H](O)[C@@H]1O. The molecule has 0 bridgehead atoms. The van der Waals surface area contributed by atoms with Crippen molar-refractivity contribution in [2.24, 2.45) is 39.4 Å². The van der Waals surface area contributed by atoms with Crippen molar-refractivity contribution in [1.29, 1.82) is 0 Å². The van der Waals surface area contributed by atoms with Crippen LogP contribution in [0.15, 0.2) is 11.1 Å². The van der Waals surface area contributed by atoms with Gasteiger partial charge in [-0.2, -0.15) is 0 Å². The molecule has 1 saturated heterocycles. The van der Waals surface area contributed by atoms with E-state index < -0.39 is 71.4 Å². The van der Waals surface area contributed by atoms with Gasteiger partial charge in [-0.25, -0.2) is 0 Å². The minimum Gasteiger partial charge on any atom is -0.463 e. The Bertz CT molecular complexity index is 1370. The highest BCUT2D eigenvalue weighted by molar-refractivity contribution is 5.66. The van der Waals surface area contributed by atoms with Gasteiger partial charge >= 0.3 is 11.9 Å². The lowest BCUT2D eigenvalue weighted by molar-refractivity contribution is -0.344. The van der Waals surface area contributed by atoms with E-state index in [0.29, 0.717) is 12.8 Å². The van der Waals surface area contributed by atoms with Gasteiger partial charge in [0.1, 0.15) is 43.2 Å². The molecule has 52 heavy (non-hydrogen) atoms. The number of carbonyl (C=O) groups excluding carboxylic acids is 2. The maximum atomic E-state index is 12.3. The second-order valence-corrected chi connectivity index (χ2v) is 18.7. The standard InChI is InChI=1S/C40H66O12/c1-20(17-25(43)34(47)37(6,7)48)23-13-16-39(9)24(23)11-12-27-38(8)15-14-29(50-22(3)42)36(4,5)28(38)18-30(40(27,39)10)52-35-33(46)32(45)31(44)26(51-35)19-49-21(2)41/h20,25-35,43-48H,11-19H2,1-10H3/t20-,25+,26+,27+,28-,29+,30+,31+,32-,33+,34-,35-,38+,39+,40-/m0/s1. The average molecular weight is 739 g/mol. The Balaban J connectivity index is 1.56. The molecule has 0 unspecified atom stereocenters. The number of fused-ring (bicyclic) bond motifs is 5. The Kier molecular flexibility index (Phi) is 11.5. The average Bonchev–Trinajstić information content (AvgIpc) is 3.40. The van der Waals surface area contributed by atoms with E-state index in [0.717, 1.165) is 38.5 Å². The number of aliphatic hydroxyl groups is 6. The molecule has 3 saturated carbocycles. The smallest absolute Gasteiger partial charge is 0.302 e. The summed E-state index contributed by atoms with van der Waals surface area (Å²) in [5.41, 5.74) is -0.263. The van der Waals surface area contributed by atoms with Crippen LogP contribution in [0.2, 0.25) is 0 Å².